The SMILES string of the molecule is CN1CCC(N(O)C(=O)NC(CO)c2ccc(-c3cccs3)c(Cl)c2Cl)CC1. The number of urea groups is 1. The van der Waals surface area contributed by atoms with Crippen LogP contribution in [0.15, 0.2) is 29.6 Å². The maximum atomic E-state index is 12.5. The standard InChI is InChI=1S/C19H23Cl2N3O3S/c1-23-8-6-12(7-9-23)24(27)19(26)22-15(11-25)13-4-5-14(18(21)17(13)20)16-3-2-10-28-16/h2-5,10,12,15,25,27H,6-9,11H2,1H3,(H,22,26). The van der Waals surface area contributed by atoms with Gasteiger partial charge in [0.25, 0.3) is 0 Å². The number of hydrogen-bond donors (Lipinski definition) is 3. The Morgan fingerprint density at radius 1 is 1.32 bits per heavy atom. The lowest BCUT2D eigenvalue weighted by Gasteiger charge is -2.34. The number of aliphatic hydroxyl groups is 1. The number of likely N-dealkylation sites (tertiary alicyclic amines) is 1. The van der Waals surface area contributed by atoms with Crippen LogP contribution in [0.4, 0.5) is 4.79 Å². The number of thiophene rings is 1. The quantitative estimate of drug-likeness (QED) is 0.476. The van der Waals surface area contributed by atoms with Crippen molar-refractivity contribution in [1.29, 1.82) is 0 Å². The number of amides is 2. The van der Waals surface area contributed by atoms with Crippen molar-refractivity contribution in [2.75, 3.05) is 26.7 Å². The minimum atomic E-state index is -0.782. The summed E-state index contributed by atoms with van der Waals surface area (Å²) < 4.78 is 0. The number of carbonyl (C=O) groups excluding carboxylic acids is 1. The van der Waals surface area contributed by atoms with Gasteiger partial charge in [-0.2, -0.15) is 0 Å². The van der Waals surface area contributed by atoms with Crippen molar-refractivity contribution >= 4 is 40.6 Å². The molecule has 1 aliphatic rings. The second-order valence-corrected chi connectivity index (χ2v) is 8.57. The zero-order valence-corrected chi connectivity index (χ0v) is 17.8. The lowest BCUT2D eigenvalue weighted by molar-refractivity contribution is -0.0924. The molecule has 1 aliphatic heterocycles. The van der Waals surface area contributed by atoms with E-state index < -0.39 is 12.1 Å². The molecule has 2 aromatic rings. The number of piperidine rings is 1. The monoisotopic (exact) mass is 443 g/mol. The maximum Gasteiger partial charge on any atom is 0.341 e. The van der Waals surface area contributed by atoms with E-state index in [4.69, 9.17) is 23.2 Å². The average molecular weight is 444 g/mol. The molecule has 0 bridgehead atoms. The van der Waals surface area contributed by atoms with E-state index in [1.54, 1.807) is 17.4 Å². The molecular weight excluding hydrogens is 421 g/mol. The molecule has 1 unspecified atom stereocenters. The summed E-state index contributed by atoms with van der Waals surface area (Å²) in [5.41, 5.74) is 1.29. The normalized spacial score (nSPS) is 16.8. The van der Waals surface area contributed by atoms with Crippen molar-refractivity contribution in [1.82, 2.24) is 15.3 Å². The third-order valence-electron chi connectivity index (χ3n) is 5.00. The van der Waals surface area contributed by atoms with Crippen LogP contribution in [-0.4, -0.2) is 59.1 Å². The smallest absolute Gasteiger partial charge is 0.341 e. The highest BCUT2D eigenvalue weighted by atomic mass is 35.5. The number of aliphatic hydroxyl groups excluding tert-OH is 1. The van der Waals surface area contributed by atoms with Crippen molar-refractivity contribution in [2.45, 2.75) is 24.9 Å². The Kier molecular flexibility index (Phi) is 7.20. The zero-order valence-electron chi connectivity index (χ0n) is 15.4. The van der Waals surface area contributed by atoms with Crippen LogP contribution in [0, 0.1) is 0 Å². The minimum absolute atomic E-state index is 0.254. The molecule has 28 heavy (non-hydrogen) atoms. The molecule has 0 radical (unpaired) electrons. The van der Waals surface area contributed by atoms with Gasteiger partial charge in [-0.15, -0.1) is 11.3 Å². The van der Waals surface area contributed by atoms with E-state index in [9.17, 15) is 15.1 Å². The molecular formula is C19H23Cl2N3O3S. The van der Waals surface area contributed by atoms with Crippen LogP contribution in [0.1, 0.15) is 24.4 Å². The summed E-state index contributed by atoms with van der Waals surface area (Å²) in [5.74, 6) is 0. The molecule has 9 heteroatoms. The van der Waals surface area contributed by atoms with Crippen LogP contribution >= 0.6 is 34.5 Å². The van der Waals surface area contributed by atoms with Crippen LogP contribution in [-0.2, 0) is 0 Å². The van der Waals surface area contributed by atoms with Crippen LogP contribution in [0.2, 0.25) is 10.0 Å². The van der Waals surface area contributed by atoms with Gasteiger partial charge in [-0.3, -0.25) is 5.21 Å². The molecule has 0 aliphatic carbocycles. The predicted molar refractivity (Wildman–Crippen MR) is 112 cm³/mol. The minimum Gasteiger partial charge on any atom is -0.394 e. The molecule has 1 atom stereocenters. The van der Waals surface area contributed by atoms with Gasteiger partial charge in [0.1, 0.15) is 0 Å². The molecule has 2 heterocycles. The van der Waals surface area contributed by atoms with Crippen molar-refractivity contribution in [3.05, 3.63) is 45.3 Å². The Hall–Kier alpha value is -1.35. The summed E-state index contributed by atoms with van der Waals surface area (Å²) in [6.07, 6.45) is 1.37. The summed E-state index contributed by atoms with van der Waals surface area (Å²) in [6, 6.07) is 5.72. The summed E-state index contributed by atoms with van der Waals surface area (Å²) in [7, 11) is 2.01. The fraction of sp³-hybridized carbons (Fsp3) is 0.421. The van der Waals surface area contributed by atoms with Crippen LogP contribution in [0.5, 0.6) is 0 Å². The number of hydroxylamine groups is 2. The highest BCUT2D eigenvalue weighted by Gasteiger charge is 2.28. The van der Waals surface area contributed by atoms with E-state index in [-0.39, 0.29) is 17.7 Å². The zero-order chi connectivity index (χ0) is 20.3. The van der Waals surface area contributed by atoms with Crippen LogP contribution in [0.3, 0.4) is 0 Å². The number of carbonyl (C=O) groups is 1. The summed E-state index contributed by atoms with van der Waals surface area (Å²) in [4.78, 5) is 15.6. The van der Waals surface area contributed by atoms with Gasteiger partial charge in [0.2, 0.25) is 0 Å². The number of benzene rings is 1. The molecule has 152 valence electrons. The maximum absolute atomic E-state index is 12.5. The van der Waals surface area contributed by atoms with Gasteiger partial charge in [-0.1, -0.05) is 41.4 Å². The summed E-state index contributed by atoms with van der Waals surface area (Å²) in [5, 5.41) is 26.0. The van der Waals surface area contributed by atoms with E-state index in [1.807, 2.05) is 30.6 Å². The Morgan fingerprint density at radius 2 is 2.04 bits per heavy atom. The highest BCUT2D eigenvalue weighted by Crippen LogP contribution is 2.39. The lowest BCUT2D eigenvalue weighted by Crippen LogP contribution is -2.49. The van der Waals surface area contributed by atoms with Gasteiger partial charge in [-0.05, 0) is 50.0 Å². The van der Waals surface area contributed by atoms with E-state index in [0.29, 0.717) is 23.4 Å². The number of nitrogens with zero attached hydrogens (tertiary/aromatic N) is 2. The van der Waals surface area contributed by atoms with Crippen molar-refractivity contribution in [2.24, 2.45) is 0 Å². The molecule has 1 saturated heterocycles. The van der Waals surface area contributed by atoms with E-state index in [2.05, 4.69) is 10.2 Å². The molecule has 1 aromatic carbocycles. The van der Waals surface area contributed by atoms with Crippen molar-refractivity contribution < 1.29 is 15.1 Å². The van der Waals surface area contributed by atoms with E-state index in [0.717, 1.165) is 28.6 Å². The van der Waals surface area contributed by atoms with Gasteiger partial charge < -0.3 is 15.3 Å². The molecule has 3 N–H and O–H groups in total. The number of hydrogen-bond acceptors (Lipinski definition) is 5. The van der Waals surface area contributed by atoms with Crippen molar-refractivity contribution in [3.63, 3.8) is 0 Å². The Balaban J connectivity index is 1.74. The lowest BCUT2D eigenvalue weighted by atomic mass is 10.0. The molecule has 1 aromatic heterocycles. The largest absolute Gasteiger partial charge is 0.394 e. The van der Waals surface area contributed by atoms with Crippen LogP contribution in [0.25, 0.3) is 10.4 Å². The molecule has 2 amide bonds. The second-order valence-electron chi connectivity index (χ2n) is 6.87. The van der Waals surface area contributed by atoms with Gasteiger partial charge in [0.15, 0.2) is 0 Å². The van der Waals surface area contributed by atoms with Gasteiger partial charge in [0, 0.05) is 10.4 Å². The Morgan fingerprint density at radius 3 is 2.64 bits per heavy atom. The van der Waals surface area contributed by atoms with E-state index in [1.165, 1.54) is 0 Å². The molecule has 3 rings (SSSR count). The average Bonchev–Trinajstić information content (AvgIpc) is 3.23. The van der Waals surface area contributed by atoms with Gasteiger partial charge in [-0.25, -0.2) is 9.86 Å². The van der Waals surface area contributed by atoms with E-state index >= 15 is 0 Å². The fourth-order valence-electron chi connectivity index (χ4n) is 3.30. The third kappa shape index (κ3) is 4.62. The van der Waals surface area contributed by atoms with Gasteiger partial charge in [0.05, 0.1) is 28.7 Å². The van der Waals surface area contributed by atoms with Gasteiger partial charge >= 0.3 is 6.03 Å². The van der Waals surface area contributed by atoms with Crippen molar-refractivity contribution in [3.8, 4) is 10.4 Å². The summed E-state index contributed by atoms with van der Waals surface area (Å²) >= 11 is 14.4. The van der Waals surface area contributed by atoms with Crippen LogP contribution < -0.4 is 5.32 Å². The number of rotatable bonds is 5. The molecule has 0 spiro atoms. The fourth-order valence-corrected chi connectivity index (χ4v) is 4.68. The first-order chi connectivity index (χ1) is 13.4. The molecule has 6 nitrogen and oxygen atoms in total. The highest BCUT2D eigenvalue weighted by molar-refractivity contribution is 7.13. The third-order valence-corrected chi connectivity index (χ3v) is 6.80. The Bertz CT molecular complexity index is 811. The first-order valence-corrected chi connectivity index (χ1v) is 10.7. The summed E-state index contributed by atoms with van der Waals surface area (Å²) in [6.45, 7) is 1.25. The first-order valence-electron chi connectivity index (χ1n) is 9.02. The number of halogens is 2. The topological polar surface area (TPSA) is 76.0 Å². The predicted octanol–water partition coefficient (Wildman–Crippen LogP) is 4.25. The molecule has 0 saturated carbocycles. The Labute approximate surface area is 178 Å². The second kappa shape index (κ2) is 9.43. The first kappa shape index (κ1) is 21.4. The molecule has 1 fully saturated rings. The number of nitrogens with one attached hydrogen (secondary N) is 1.